The third-order valence-electron chi connectivity index (χ3n) is 4.20. The number of benzene rings is 3. The summed E-state index contributed by atoms with van der Waals surface area (Å²) in [5.74, 6) is -0.280. The van der Waals surface area contributed by atoms with Crippen molar-refractivity contribution >= 4 is 18.1 Å². The summed E-state index contributed by atoms with van der Waals surface area (Å²) < 4.78 is 28.7. The van der Waals surface area contributed by atoms with Crippen LogP contribution in [0.2, 0.25) is 0 Å². The number of ether oxygens (including phenoxy) is 3. The van der Waals surface area contributed by atoms with Gasteiger partial charge >= 0.3 is 5.97 Å². The van der Waals surface area contributed by atoms with Crippen LogP contribution in [0.5, 0.6) is 17.2 Å². The van der Waals surface area contributed by atoms with E-state index in [4.69, 9.17) is 14.2 Å². The molecule has 158 valence electrons. The molecule has 0 aromatic heterocycles. The summed E-state index contributed by atoms with van der Waals surface area (Å²) in [5, 5.41) is 3.88. The summed E-state index contributed by atoms with van der Waals surface area (Å²) in [4.78, 5) is 24.3. The van der Waals surface area contributed by atoms with Gasteiger partial charge in [-0.1, -0.05) is 0 Å². The minimum absolute atomic E-state index is 0.232. The van der Waals surface area contributed by atoms with Gasteiger partial charge in [-0.3, -0.25) is 4.79 Å². The van der Waals surface area contributed by atoms with Crippen LogP contribution in [0.4, 0.5) is 4.39 Å². The van der Waals surface area contributed by atoms with E-state index in [1.54, 1.807) is 42.5 Å². The van der Waals surface area contributed by atoms with Crippen molar-refractivity contribution in [1.29, 1.82) is 0 Å². The minimum atomic E-state index is -0.547. The number of rotatable bonds is 7. The zero-order valence-corrected chi connectivity index (χ0v) is 16.8. The first-order chi connectivity index (χ1) is 15.0. The number of halogens is 1. The highest BCUT2D eigenvalue weighted by atomic mass is 19.1. The molecule has 1 N–H and O–H groups in total. The van der Waals surface area contributed by atoms with Gasteiger partial charge in [-0.15, -0.1) is 0 Å². The van der Waals surface area contributed by atoms with Gasteiger partial charge < -0.3 is 14.2 Å². The van der Waals surface area contributed by atoms with E-state index < -0.39 is 17.7 Å². The molecule has 0 saturated heterocycles. The third kappa shape index (κ3) is 5.66. The van der Waals surface area contributed by atoms with Gasteiger partial charge in [-0.25, -0.2) is 14.6 Å². The van der Waals surface area contributed by atoms with Crippen molar-refractivity contribution in [3.8, 4) is 17.2 Å². The Morgan fingerprint density at radius 2 is 1.55 bits per heavy atom. The van der Waals surface area contributed by atoms with Crippen LogP contribution in [0.3, 0.4) is 0 Å². The Hall–Kier alpha value is -4.20. The molecule has 0 unspecified atom stereocenters. The molecule has 0 aliphatic heterocycles. The van der Waals surface area contributed by atoms with E-state index in [-0.39, 0.29) is 11.3 Å². The Morgan fingerprint density at radius 3 is 2.19 bits per heavy atom. The highest BCUT2D eigenvalue weighted by Gasteiger charge is 2.13. The van der Waals surface area contributed by atoms with Crippen LogP contribution in [0.25, 0.3) is 0 Å². The first kappa shape index (κ1) is 21.5. The van der Waals surface area contributed by atoms with Gasteiger partial charge in [0.25, 0.3) is 5.91 Å². The maximum atomic E-state index is 12.9. The summed E-state index contributed by atoms with van der Waals surface area (Å²) >= 11 is 0. The molecular formula is C23H19FN2O5. The predicted octanol–water partition coefficient (Wildman–Crippen LogP) is 3.83. The van der Waals surface area contributed by atoms with E-state index in [0.29, 0.717) is 22.6 Å². The normalized spacial score (nSPS) is 10.5. The number of carbonyl (C=O) groups is 2. The van der Waals surface area contributed by atoms with Crippen molar-refractivity contribution in [3.63, 3.8) is 0 Å². The van der Waals surface area contributed by atoms with E-state index in [1.807, 2.05) is 0 Å². The number of nitrogens with one attached hydrogen (secondary N) is 1. The molecule has 0 heterocycles. The SMILES string of the molecule is COc1ccc(C(=O)Oc2ccc(/C=N/NC(=O)c3ccc(F)cc3)cc2OC)cc1. The fraction of sp³-hybridized carbons (Fsp3) is 0.0870. The molecule has 3 aromatic carbocycles. The molecule has 0 aliphatic carbocycles. The maximum absolute atomic E-state index is 12.9. The standard InChI is InChI=1S/C23H19FN2O5/c1-29-19-10-6-17(7-11-19)23(28)31-20-12-3-15(13-21(20)30-2)14-25-26-22(27)16-4-8-18(24)9-5-16/h3-14H,1-2H3,(H,26,27)/b25-14+. The maximum Gasteiger partial charge on any atom is 0.343 e. The van der Waals surface area contributed by atoms with Gasteiger partial charge in [0.15, 0.2) is 11.5 Å². The van der Waals surface area contributed by atoms with Crippen LogP contribution in [-0.4, -0.2) is 32.3 Å². The van der Waals surface area contributed by atoms with Gasteiger partial charge in [0.1, 0.15) is 11.6 Å². The molecule has 0 fully saturated rings. The van der Waals surface area contributed by atoms with Crippen LogP contribution in [-0.2, 0) is 0 Å². The number of hydrazone groups is 1. The second kappa shape index (κ2) is 10.0. The zero-order chi connectivity index (χ0) is 22.2. The molecule has 0 radical (unpaired) electrons. The summed E-state index contributed by atoms with van der Waals surface area (Å²) in [6.45, 7) is 0. The third-order valence-corrected chi connectivity index (χ3v) is 4.20. The highest BCUT2D eigenvalue weighted by molar-refractivity contribution is 5.95. The molecule has 0 saturated carbocycles. The van der Waals surface area contributed by atoms with Crippen LogP contribution in [0.1, 0.15) is 26.3 Å². The lowest BCUT2D eigenvalue weighted by Crippen LogP contribution is -2.17. The molecule has 8 heteroatoms. The lowest BCUT2D eigenvalue weighted by atomic mass is 10.2. The second-order valence-corrected chi connectivity index (χ2v) is 6.23. The fourth-order valence-corrected chi connectivity index (χ4v) is 2.57. The smallest absolute Gasteiger partial charge is 0.343 e. The van der Waals surface area contributed by atoms with Crippen molar-refractivity contribution in [2.75, 3.05) is 14.2 Å². The molecule has 0 atom stereocenters. The molecule has 0 aliphatic rings. The number of methoxy groups -OCH3 is 2. The number of hydrogen-bond acceptors (Lipinski definition) is 6. The number of amides is 1. The van der Waals surface area contributed by atoms with Gasteiger partial charge in [0.2, 0.25) is 0 Å². The first-order valence-corrected chi connectivity index (χ1v) is 9.13. The molecular weight excluding hydrogens is 403 g/mol. The highest BCUT2D eigenvalue weighted by Crippen LogP contribution is 2.28. The summed E-state index contributed by atoms with van der Waals surface area (Å²) in [6, 6.07) is 16.4. The van der Waals surface area contributed by atoms with Crippen LogP contribution >= 0.6 is 0 Å². The fourth-order valence-electron chi connectivity index (χ4n) is 2.57. The Balaban J connectivity index is 1.66. The van der Waals surface area contributed by atoms with Crippen molar-refractivity contribution in [2.45, 2.75) is 0 Å². The van der Waals surface area contributed by atoms with Crippen LogP contribution < -0.4 is 19.6 Å². The number of hydrogen-bond donors (Lipinski definition) is 1. The lowest BCUT2D eigenvalue weighted by molar-refractivity contribution is 0.0729. The number of carbonyl (C=O) groups excluding carboxylic acids is 2. The summed E-state index contributed by atoms with van der Waals surface area (Å²) in [5.41, 5.74) is 3.58. The van der Waals surface area contributed by atoms with E-state index in [1.165, 1.54) is 44.7 Å². The number of nitrogens with zero attached hydrogens (tertiary/aromatic N) is 1. The topological polar surface area (TPSA) is 86.2 Å². The molecule has 0 spiro atoms. The predicted molar refractivity (Wildman–Crippen MR) is 112 cm³/mol. The Morgan fingerprint density at radius 1 is 0.871 bits per heavy atom. The van der Waals surface area contributed by atoms with Crippen molar-refractivity contribution in [3.05, 3.63) is 89.2 Å². The molecule has 3 aromatic rings. The Bertz CT molecular complexity index is 1100. The Labute approximate surface area is 178 Å². The van der Waals surface area contributed by atoms with Crippen molar-refractivity contribution < 1.29 is 28.2 Å². The van der Waals surface area contributed by atoms with Crippen molar-refractivity contribution in [2.24, 2.45) is 5.10 Å². The van der Waals surface area contributed by atoms with Gasteiger partial charge in [0.05, 0.1) is 26.0 Å². The Kier molecular flexibility index (Phi) is 6.95. The van der Waals surface area contributed by atoms with E-state index >= 15 is 0 Å². The molecule has 31 heavy (non-hydrogen) atoms. The van der Waals surface area contributed by atoms with Gasteiger partial charge in [-0.2, -0.15) is 5.10 Å². The van der Waals surface area contributed by atoms with Gasteiger partial charge in [-0.05, 0) is 72.3 Å². The average molecular weight is 422 g/mol. The lowest BCUT2D eigenvalue weighted by Gasteiger charge is -2.10. The molecule has 1 amide bonds. The van der Waals surface area contributed by atoms with E-state index in [9.17, 15) is 14.0 Å². The molecule has 7 nitrogen and oxygen atoms in total. The van der Waals surface area contributed by atoms with Crippen LogP contribution in [0.15, 0.2) is 71.8 Å². The largest absolute Gasteiger partial charge is 0.497 e. The van der Waals surface area contributed by atoms with Gasteiger partial charge in [0, 0.05) is 5.56 Å². The zero-order valence-electron chi connectivity index (χ0n) is 16.8. The average Bonchev–Trinajstić information content (AvgIpc) is 2.80. The quantitative estimate of drug-likeness (QED) is 0.271. The van der Waals surface area contributed by atoms with E-state index in [0.717, 1.165) is 0 Å². The number of esters is 1. The monoisotopic (exact) mass is 422 g/mol. The van der Waals surface area contributed by atoms with Crippen molar-refractivity contribution in [1.82, 2.24) is 5.43 Å². The molecule has 0 bridgehead atoms. The summed E-state index contributed by atoms with van der Waals surface area (Å²) in [7, 11) is 2.98. The van der Waals surface area contributed by atoms with Crippen LogP contribution in [0, 0.1) is 5.82 Å². The van der Waals surface area contributed by atoms with E-state index in [2.05, 4.69) is 10.5 Å². The summed E-state index contributed by atoms with van der Waals surface area (Å²) in [6.07, 6.45) is 1.40. The minimum Gasteiger partial charge on any atom is -0.497 e. The molecule has 3 rings (SSSR count). The second-order valence-electron chi connectivity index (χ2n) is 6.23. The first-order valence-electron chi connectivity index (χ1n) is 9.13.